The molecule has 2 aromatic rings. The molecule has 102 valence electrons. The van der Waals surface area contributed by atoms with E-state index in [1.54, 1.807) is 0 Å². The summed E-state index contributed by atoms with van der Waals surface area (Å²) in [6.45, 7) is 2.03. The van der Waals surface area contributed by atoms with Gasteiger partial charge in [0.15, 0.2) is 0 Å². The first kappa shape index (κ1) is 14.2. The molecule has 0 spiro atoms. The van der Waals surface area contributed by atoms with Crippen molar-refractivity contribution in [1.82, 2.24) is 10.2 Å². The summed E-state index contributed by atoms with van der Waals surface area (Å²) < 4.78 is 5.54. The Morgan fingerprint density at radius 2 is 2.05 bits per heavy atom. The number of aromatic nitrogens is 2. The van der Waals surface area contributed by atoms with E-state index in [9.17, 15) is 0 Å². The highest BCUT2D eigenvalue weighted by atomic mass is 35.5. The van der Waals surface area contributed by atoms with Crippen LogP contribution in [-0.2, 0) is 6.42 Å². The minimum Gasteiger partial charge on any atom is -0.408 e. The molecule has 2 rings (SSSR count). The van der Waals surface area contributed by atoms with Crippen molar-refractivity contribution < 1.29 is 4.42 Å². The van der Waals surface area contributed by atoms with Gasteiger partial charge in [-0.15, -0.1) is 16.7 Å². The Kier molecular flexibility index (Phi) is 4.66. The number of alkyl halides is 1. The van der Waals surface area contributed by atoms with Crippen LogP contribution in [-0.4, -0.2) is 23.1 Å². The summed E-state index contributed by atoms with van der Waals surface area (Å²) in [6, 6.07) is 8.22. The highest BCUT2D eigenvalue weighted by molar-refractivity contribution is 6.31. The Hall–Kier alpha value is -1.26. The van der Waals surface area contributed by atoms with Crippen LogP contribution in [0.4, 0.5) is 6.01 Å². The van der Waals surface area contributed by atoms with Gasteiger partial charge in [0, 0.05) is 24.4 Å². The van der Waals surface area contributed by atoms with E-state index in [-0.39, 0.29) is 6.04 Å². The van der Waals surface area contributed by atoms with Crippen LogP contribution in [0.15, 0.2) is 28.7 Å². The van der Waals surface area contributed by atoms with E-state index in [2.05, 4.69) is 10.2 Å². The highest BCUT2D eigenvalue weighted by Crippen LogP contribution is 2.29. The van der Waals surface area contributed by atoms with Gasteiger partial charge in [-0.05, 0) is 18.6 Å². The molecule has 0 radical (unpaired) electrons. The fraction of sp³-hybridized carbons (Fsp3) is 0.385. The summed E-state index contributed by atoms with van der Waals surface area (Å²) in [5.41, 5.74) is 1.02. The predicted molar refractivity (Wildman–Crippen MR) is 77.0 cm³/mol. The van der Waals surface area contributed by atoms with E-state index in [0.29, 0.717) is 24.2 Å². The Morgan fingerprint density at radius 1 is 1.32 bits per heavy atom. The van der Waals surface area contributed by atoms with Gasteiger partial charge in [-0.2, -0.15) is 0 Å². The van der Waals surface area contributed by atoms with E-state index < -0.39 is 0 Å². The molecule has 0 N–H and O–H groups in total. The third kappa shape index (κ3) is 3.19. The molecular formula is C13H15Cl2N3O. The summed E-state index contributed by atoms with van der Waals surface area (Å²) in [5, 5.41) is 8.69. The number of nitrogens with zero attached hydrogens (tertiary/aromatic N) is 3. The predicted octanol–water partition coefficient (Wildman–Crippen LogP) is 3.70. The Balaban J connectivity index is 2.18. The van der Waals surface area contributed by atoms with Crippen LogP contribution in [0.3, 0.4) is 0 Å². The third-order valence-electron chi connectivity index (χ3n) is 3.00. The quantitative estimate of drug-likeness (QED) is 0.790. The molecule has 1 aromatic heterocycles. The van der Waals surface area contributed by atoms with Crippen molar-refractivity contribution in [3.63, 3.8) is 0 Å². The van der Waals surface area contributed by atoms with E-state index in [4.69, 9.17) is 27.6 Å². The van der Waals surface area contributed by atoms with Gasteiger partial charge in [0.25, 0.3) is 0 Å². The minimum atomic E-state index is 0.0398. The topological polar surface area (TPSA) is 42.2 Å². The third-order valence-corrected chi connectivity index (χ3v) is 3.54. The fourth-order valence-corrected chi connectivity index (χ4v) is 2.21. The Morgan fingerprint density at radius 3 is 2.74 bits per heavy atom. The number of halogens is 2. The standard InChI is InChI=1S/C13H15Cl2N3O/c1-9(10-5-3-4-6-11(10)15)18(2)13-17-16-12(19-13)7-8-14/h3-6,9H,7-8H2,1-2H3. The van der Waals surface area contributed by atoms with Crippen molar-refractivity contribution in [3.05, 3.63) is 40.7 Å². The van der Waals surface area contributed by atoms with Crippen molar-refractivity contribution in [2.24, 2.45) is 0 Å². The second-order valence-corrected chi connectivity index (χ2v) is 5.01. The van der Waals surface area contributed by atoms with Gasteiger partial charge in [0.1, 0.15) is 0 Å². The molecule has 0 bridgehead atoms. The van der Waals surface area contributed by atoms with Gasteiger partial charge in [0.2, 0.25) is 5.89 Å². The maximum absolute atomic E-state index is 6.19. The average Bonchev–Trinajstić information content (AvgIpc) is 2.87. The molecule has 6 heteroatoms. The van der Waals surface area contributed by atoms with Crippen molar-refractivity contribution in [2.75, 3.05) is 17.8 Å². The monoisotopic (exact) mass is 299 g/mol. The van der Waals surface area contributed by atoms with E-state index in [1.807, 2.05) is 43.1 Å². The molecule has 1 unspecified atom stereocenters. The van der Waals surface area contributed by atoms with Crippen molar-refractivity contribution in [3.8, 4) is 0 Å². The first-order valence-electron chi connectivity index (χ1n) is 5.99. The second-order valence-electron chi connectivity index (χ2n) is 4.23. The number of hydrogen-bond acceptors (Lipinski definition) is 4. The van der Waals surface area contributed by atoms with Gasteiger partial charge in [0.05, 0.1) is 6.04 Å². The first-order valence-corrected chi connectivity index (χ1v) is 6.90. The van der Waals surface area contributed by atoms with Crippen LogP contribution in [0.2, 0.25) is 5.02 Å². The summed E-state index contributed by atoms with van der Waals surface area (Å²) in [5.74, 6) is 1.01. The smallest absolute Gasteiger partial charge is 0.318 e. The Labute approximate surface area is 122 Å². The number of hydrogen-bond donors (Lipinski definition) is 0. The van der Waals surface area contributed by atoms with Gasteiger partial charge in [-0.3, -0.25) is 0 Å². The van der Waals surface area contributed by atoms with Crippen molar-refractivity contribution >= 4 is 29.2 Å². The molecule has 0 saturated carbocycles. The minimum absolute atomic E-state index is 0.0398. The van der Waals surface area contributed by atoms with Crippen LogP contribution in [0, 0.1) is 0 Å². The molecule has 19 heavy (non-hydrogen) atoms. The highest BCUT2D eigenvalue weighted by Gasteiger charge is 2.19. The lowest BCUT2D eigenvalue weighted by molar-refractivity contribution is 0.484. The van der Waals surface area contributed by atoms with E-state index in [1.165, 1.54) is 0 Å². The molecule has 1 aromatic carbocycles. The lowest BCUT2D eigenvalue weighted by atomic mass is 10.1. The SMILES string of the molecule is CC(c1ccccc1Cl)N(C)c1nnc(CCCl)o1. The second kappa shape index (κ2) is 6.26. The maximum Gasteiger partial charge on any atom is 0.318 e. The van der Waals surface area contributed by atoms with Crippen molar-refractivity contribution in [2.45, 2.75) is 19.4 Å². The van der Waals surface area contributed by atoms with Gasteiger partial charge >= 0.3 is 6.01 Å². The lowest BCUT2D eigenvalue weighted by Gasteiger charge is -2.23. The van der Waals surface area contributed by atoms with Gasteiger partial charge in [-0.25, -0.2) is 0 Å². The molecular weight excluding hydrogens is 285 g/mol. The lowest BCUT2D eigenvalue weighted by Crippen LogP contribution is -2.22. The van der Waals surface area contributed by atoms with Crippen LogP contribution >= 0.6 is 23.2 Å². The molecule has 0 aliphatic rings. The van der Waals surface area contributed by atoms with Gasteiger partial charge in [-0.1, -0.05) is 34.9 Å². The van der Waals surface area contributed by atoms with Crippen LogP contribution in [0.25, 0.3) is 0 Å². The zero-order valence-corrected chi connectivity index (χ0v) is 12.3. The zero-order valence-electron chi connectivity index (χ0n) is 10.8. The molecule has 0 saturated heterocycles. The number of aryl methyl sites for hydroxylation is 1. The van der Waals surface area contributed by atoms with E-state index >= 15 is 0 Å². The number of anilines is 1. The summed E-state index contributed by atoms with van der Waals surface area (Å²) in [4.78, 5) is 1.89. The molecule has 1 atom stereocenters. The number of rotatable bonds is 5. The molecule has 4 nitrogen and oxygen atoms in total. The summed E-state index contributed by atoms with van der Waals surface area (Å²) in [6.07, 6.45) is 0.572. The maximum atomic E-state index is 6.19. The first-order chi connectivity index (χ1) is 9.13. The van der Waals surface area contributed by atoms with Crippen LogP contribution < -0.4 is 4.90 Å². The zero-order chi connectivity index (χ0) is 13.8. The van der Waals surface area contributed by atoms with Crippen molar-refractivity contribution in [1.29, 1.82) is 0 Å². The molecule has 0 amide bonds. The van der Waals surface area contributed by atoms with E-state index in [0.717, 1.165) is 10.6 Å². The fourth-order valence-electron chi connectivity index (χ4n) is 1.76. The number of benzene rings is 1. The van der Waals surface area contributed by atoms with Crippen LogP contribution in [0.5, 0.6) is 0 Å². The normalized spacial score (nSPS) is 12.4. The Bertz CT molecular complexity index is 544. The molecule has 0 fully saturated rings. The molecule has 1 heterocycles. The average molecular weight is 300 g/mol. The summed E-state index contributed by atoms with van der Waals surface area (Å²) in [7, 11) is 1.89. The largest absolute Gasteiger partial charge is 0.408 e. The van der Waals surface area contributed by atoms with Crippen LogP contribution in [0.1, 0.15) is 24.4 Å². The van der Waals surface area contributed by atoms with Gasteiger partial charge < -0.3 is 9.32 Å². The molecule has 0 aliphatic heterocycles. The molecule has 0 aliphatic carbocycles. The summed E-state index contributed by atoms with van der Waals surface area (Å²) >= 11 is 11.8.